The molecule has 10 heteroatoms. The average molecular weight is 414 g/mol. The van der Waals surface area contributed by atoms with Gasteiger partial charge in [-0.15, -0.1) is 10.2 Å². The highest BCUT2D eigenvalue weighted by atomic mass is 16.6. The molecule has 0 bridgehead atoms. The molecule has 2 heterocycles. The average Bonchev–Trinajstić information content (AvgIpc) is 3.04. The molecule has 0 saturated carbocycles. The molecular weight excluding hydrogens is 388 g/mol. The Labute approximate surface area is 173 Å². The van der Waals surface area contributed by atoms with E-state index in [2.05, 4.69) is 25.8 Å². The van der Waals surface area contributed by atoms with Gasteiger partial charge in [0.2, 0.25) is 5.65 Å². The van der Waals surface area contributed by atoms with E-state index in [1.807, 2.05) is 32.1 Å². The number of aromatic carboxylic acids is 1. The first kappa shape index (κ1) is 21.3. The lowest BCUT2D eigenvalue weighted by atomic mass is 10.2. The zero-order valence-electron chi connectivity index (χ0n) is 17.5. The van der Waals surface area contributed by atoms with E-state index in [-0.39, 0.29) is 5.56 Å². The zero-order chi connectivity index (χ0) is 21.9. The number of nitrogens with zero attached hydrogens (tertiary/aromatic N) is 4. The van der Waals surface area contributed by atoms with Crippen LogP contribution in [0.4, 0.5) is 10.6 Å². The van der Waals surface area contributed by atoms with Crippen LogP contribution in [0.15, 0.2) is 18.2 Å². The molecule has 30 heavy (non-hydrogen) atoms. The minimum Gasteiger partial charge on any atom is -0.478 e. The van der Waals surface area contributed by atoms with Gasteiger partial charge >= 0.3 is 12.1 Å². The summed E-state index contributed by atoms with van der Waals surface area (Å²) in [5.41, 5.74) is 1.51. The molecule has 0 fully saturated rings. The molecule has 0 aliphatic carbocycles. The summed E-state index contributed by atoms with van der Waals surface area (Å²) >= 11 is 0. The minimum atomic E-state index is -1.01. The number of hydrogen-bond acceptors (Lipinski definition) is 7. The third kappa shape index (κ3) is 4.94. The van der Waals surface area contributed by atoms with Gasteiger partial charge in [-0.1, -0.05) is 0 Å². The van der Waals surface area contributed by atoms with Crippen LogP contribution >= 0.6 is 0 Å². The van der Waals surface area contributed by atoms with Crippen molar-refractivity contribution in [1.29, 1.82) is 0 Å². The van der Waals surface area contributed by atoms with E-state index in [4.69, 9.17) is 4.74 Å². The summed E-state index contributed by atoms with van der Waals surface area (Å²) in [5, 5.41) is 23.5. The van der Waals surface area contributed by atoms with Gasteiger partial charge in [0.25, 0.3) is 0 Å². The molecule has 3 aromatic rings. The van der Waals surface area contributed by atoms with Gasteiger partial charge in [0.15, 0.2) is 5.82 Å². The Balaban J connectivity index is 1.65. The maximum Gasteiger partial charge on any atom is 0.407 e. The smallest absolute Gasteiger partial charge is 0.407 e. The first-order valence-corrected chi connectivity index (χ1v) is 9.75. The van der Waals surface area contributed by atoms with Gasteiger partial charge in [-0.2, -0.15) is 0 Å². The van der Waals surface area contributed by atoms with Crippen molar-refractivity contribution in [3.8, 4) is 0 Å². The Morgan fingerprint density at radius 2 is 1.90 bits per heavy atom. The number of carbonyl (C=O) groups is 2. The molecule has 1 amide bonds. The Morgan fingerprint density at radius 1 is 1.17 bits per heavy atom. The van der Waals surface area contributed by atoms with Gasteiger partial charge in [-0.25, -0.2) is 14.6 Å². The fraction of sp³-hybridized carbons (Fsp3) is 0.450. The van der Waals surface area contributed by atoms with Crippen molar-refractivity contribution in [2.75, 3.05) is 18.4 Å². The van der Waals surface area contributed by atoms with Crippen LogP contribution in [0.3, 0.4) is 0 Å². The molecule has 1 aromatic carbocycles. The standard InChI is InChI=1S/C20H26N6O4/c1-12-24-25-17-16(21-9-5-6-10-22-19(29)30-20(2,3)4)23-14-11-13(18(27)28)7-8-15(14)26(12)17/h7-8,11H,5-6,9-10H2,1-4H3,(H,21,23)(H,22,29)(H,27,28). The van der Waals surface area contributed by atoms with E-state index in [0.29, 0.717) is 35.9 Å². The first-order valence-electron chi connectivity index (χ1n) is 9.75. The SMILES string of the molecule is Cc1nnc2c(NCCCCNC(=O)OC(C)(C)C)nc3cc(C(=O)O)ccc3n12. The number of fused-ring (bicyclic) bond motifs is 3. The first-order chi connectivity index (χ1) is 14.2. The highest BCUT2D eigenvalue weighted by Gasteiger charge is 2.16. The molecular formula is C20H26N6O4. The van der Waals surface area contributed by atoms with E-state index < -0.39 is 17.7 Å². The second kappa shape index (κ2) is 8.52. The molecule has 0 spiro atoms. The number of carboxylic acid groups (broad SMARTS) is 1. The molecule has 0 aliphatic heterocycles. The fourth-order valence-corrected chi connectivity index (χ4v) is 2.99. The molecule has 160 valence electrons. The minimum absolute atomic E-state index is 0.166. The number of hydrogen-bond donors (Lipinski definition) is 3. The largest absolute Gasteiger partial charge is 0.478 e. The second-order valence-electron chi connectivity index (χ2n) is 7.94. The Hall–Kier alpha value is -3.43. The summed E-state index contributed by atoms with van der Waals surface area (Å²) in [4.78, 5) is 27.5. The van der Waals surface area contributed by atoms with Crippen molar-refractivity contribution in [3.63, 3.8) is 0 Å². The molecule has 0 unspecified atom stereocenters. The lowest BCUT2D eigenvalue weighted by Gasteiger charge is -2.19. The summed E-state index contributed by atoms with van der Waals surface area (Å²) in [6.45, 7) is 8.40. The topological polar surface area (TPSA) is 131 Å². The van der Waals surface area contributed by atoms with Crippen LogP contribution in [0.25, 0.3) is 16.7 Å². The number of unbranched alkanes of at least 4 members (excludes halogenated alkanes) is 1. The van der Waals surface area contributed by atoms with Crippen molar-refractivity contribution in [2.45, 2.75) is 46.1 Å². The van der Waals surface area contributed by atoms with Crippen molar-refractivity contribution in [1.82, 2.24) is 24.9 Å². The van der Waals surface area contributed by atoms with Crippen LogP contribution in [0.5, 0.6) is 0 Å². The zero-order valence-corrected chi connectivity index (χ0v) is 17.5. The Morgan fingerprint density at radius 3 is 2.60 bits per heavy atom. The van der Waals surface area contributed by atoms with Crippen LogP contribution in [0.1, 0.15) is 49.8 Å². The summed E-state index contributed by atoms with van der Waals surface area (Å²) in [5.74, 6) is 0.210. The Bertz CT molecular complexity index is 1090. The number of alkyl carbamates (subject to hydrolysis) is 1. The molecule has 0 aliphatic rings. The van der Waals surface area contributed by atoms with Crippen LogP contribution in [-0.2, 0) is 4.74 Å². The second-order valence-corrected chi connectivity index (χ2v) is 7.94. The van der Waals surface area contributed by atoms with Gasteiger partial charge in [0, 0.05) is 13.1 Å². The van der Waals surface area contributed by atoms with Gasteiger partial charge in [0.1, 0.15) is 11.4 Å². The third-order valence-electron chi connectivity index (χ3n) is 4.30. The number of anilines is 1. The molecule has 3 rings (SSSR count). The van der Waals surface area contributed by atoms with Crippen LogP contribution in [0, 0.1) is 6.92 Å². The van der Waals surface area contributed by atoms with E-state index in [1.54, 1.807) is 6.07 Å². The normalized spacial score (nSPS) is 11.6. The summed E-state index contributed by atoms with van der Waals surface area (Å²) in [7, 11) is 0. The number of amides is 1. The molecule has 0 atom stereocenters. The quantitative estimate of drug-likeness (QED) is 0.503. The monoisotopic (exact) mass is 414 g/mol. The third-order valence-corrected chi connectivity index (χ3v) is 4.30. The van der Waals surface area contributed by atoms with E-state index in [9.17, 15) is 14.7 Å². The lowest BCUT2D eigenvalue weighted by Crippen LogP contribution is -2.33. The summed E-state index contributed by atoms with van der Waals surface area (Å²) in [6, 6.07) is 4.78. The molecule has 0 saturated heterocycles. The van der Waals surface area contributed by atoms with Gasteiger partial charge in [-0.05, 0) is 58.7 Å². The van der Waals surface area contributed by atoms with Crippen LogP contribution in [-0.4, -0.2) is 55.4 Å². The number of nitrogens with one attached hydrogen (secondary N) is 2. The predicted octanol–water partition coefficient (Wildman–Crippen LogP) is 3.00. The molecule has 10 nitrogen and oxygen atoms in total. The number of rotatable bonds is 7. The van der Waals surface area contributed by atoms with E-state index >= 15 is 0 Å². The van der Waals surface area contributed by atoms with Crippen molar-refractivity contribution >= 4 is 34.6 Å². The highest BCUT2D eigenvalue weighted by Crippen LogP contribution is 2.22. The van der Waals surface area contributed by atoms with Crippen molar-refractivity contribution in [2.24, 2.45) is 0 Å². The summed E-state index contributed by atoms with van der Waals surface area (Å²) < 4.78 is 7.04. The van der Waals surface area contributed by atoms with Gasteiger partial charge in [-0.3, -0.25) is 4.40 Å². The van der Waals surface area contributed by atoms with Crippen molar-refractivity contribution in [3.05, 3.63) is 29.6 Å². The van der Waals surface area contributed by atoms with Gasteiger partial charge in [0.05, 0.1) is 16.6 Å². The highest BCUT2D eigenvalue weighted by molar-refractivity contribution is 5.93. The number of benzene rings is 1. The molecule has 0 radical (unpaired) electrons. The van der Waals surface area contributed by atoms with Gasteiger partial charge < -0.3 is 20.5 Å². The van der Waals surface area contributed by atoms with Crippen LogP contribution in [0.2, 0.25) is 0 Å². The number of carbonyl (C=O) groups excluding carboxylic acids is 1. The van der Waals surface area contributed by atoms with Crippen LogP contribution < -0.4 is 10.6 Å². The molecule has 3 N–H and O–H groups in total. The maximum atomic E-state index is 11.6. The Kier molecular flexibility index (Phi) is 6.04. The maximum absolute atomic E-state index is 11.6. The predicted molar refractivity (Wildman–Crippen MR) is 112 cm³/mol. The van der Waals surface area contributed by atoms with E-state index in [1.165, 1.54) is 12.1 Å². The number of aryl methyl sites for hydroxylation is 1. The number of aromatic nitrogens is 4. The fourth-order valence-electron chi connectivity index (χ4n) is 2.99. The summed E-state index contributed by atoms with van der Waals surface area (Å²) in [6.07, 6.45) is 1.11. The number of ether oxygens (including phenoxy) is 1. The number of carboxylic acids is 1. The lowest BCUT2D eigenvalue weighted by molar-refractivity contribution is 0.0526. The molecule has 2 aromatic heterocycles. The van der Waals surface area contributed by atoms with Crippen molar-refractivity contribution < 1.29 is 19.4 Å². The van der Waals surface area contributed by atoms with E-state index in [0.717, 1.165) is 18.4 Å².